The minimum atomic E-state index is -0.872. The Morgan fingerprint density at radius 3 is 2.62 bits per heavy atom. The monoisotopic (exact) mass is 332 g/mol. The van der Waals surface area contributed by atoms with Gasteiger partial charge in [0.2, 0.25) is 0 Å². The van der Waals surface area contributed by atoms with Crippen molar-refractivity contribution in [1.29, 1.82) is 5.26 Å². The second-order valence-electron chi connectivity index (χ2n) is 6.40. The minimum absolute atomic E-state index is 0.203. The quantitative estimate of drug-likeness (QED) is 0.738. The third-order valence-electron chi connectivity index (χ3n) is 3.60. The number of benzene rings is 1. The van der Waals surface area contributed by atoms with Gasteiger partial charge in [-0.2, -0.15) is 5.26 Å². The summed E-state index contributed by atoms with van der Waals surface area (Å²) in [5, 5.41) is 12.2. The third-order valence-corrected chi connectivity index (χ3v) is 3.60. The van der Waals surface area contributed by atoms with Crippen LogP contribution in [0.2, 0.25) is 0 Å². The number of hydrogen-bond donors (Lipinski definition) is 1. The second-order valence-corrected chi connectivity index (χ2v) is 6.40. The molecule has 0 radical (unpaired) electrons. The number of carbonyl (C=O) groups excluding carboxylic acids is 1. The molecule has 0 spiro atoms. The number of carbonyl (C=O) groups is 1. The third kappa shape index (κ3) is 5.54. The summed E-state index contributed by atoms with van der Waals surface area (Å²) < 4.78 is 11.3. The zero-order valence-corrected chi connectivity index (χ0v) is 15.3. The Morgan fingerprint density at radius 2 is 2.08 bits per heavy atom. The molecule has 5 heteroatoms. The van der Waals surface area contributed by atoms with Crippen LogP contribution in [-0.2, 0) is 9.53 Å². The highest BCUT2D eigenvalue weighted by atomic mass is 16.5. The van der Waals surface area contributed by atoms with E-state index in [-0.39, 0.29) is 5.91 Å². The first-order valence-electron chi connectivity index (χ1n) is 8.48. The largest absolute Gasteiger partial charge is 0.492 e. The van der Waals surface area contributed by atoms with Crippen molar-refractivity contribution in [3.8, 4) is 11.8 Å². The minimum Gasteiger partial charge on any atom is -0.492 e. The summed E-state index contributed by atoms with van der Waals surface area (Å²) in [6.07, 6.45) is 1.47. The normalized spacial score (nSPS) is 13.2. The molecule has 1 N–H and O–H groups in total. The van der Waals surface area contributed by atoms with E-state index in [0.717, 1.165) is 6.42 Å². The standard InChI is InChI=1S/C19H28N2O3/c1-6-10-19(5,24-7-2)18(22)21-16-8-9-17(15(11-16)12-20)23-13-14(3)4/h8-9,11,14H,6-7,10,13H2,1-5H3,(H,21,22)/t19-/m0/s1. The van der Waals surface area contributed by atoms with E-state index in [2.05, 4.69) is 11.4 Å². The number of amides is 1. The molecular formula is C19H28N2O3. The number of ether oxygens (including phenoxy) is 2. The van der Waals surface area contributed by atoms with Crippen molar-refractivity contribution in [1.82, 2.24) is 0 Å². The highest BCUT2D eigenvalue weighted by Crippen LogP contribution is 2.25. The van der Waals surface area contributed by atoms with Crippen molar-refractivity contribution < 1.29 is 14.3 Å². The maximum Gasteiger partial charge on any atom is 0.256 e. The van der Waals surface area contributed by atoms with Crippen molar-refractivity contribution in [2.24, 2.45) is 5.92 Å². The van der Waals surface area contributed by atoms with Crippen LogP contribution in [0.25, 0.3) is 0 Å². The van der Waals surface area contributed by atoms with Gasteiger partial charge in [0.25, 0.3) is 5.91 Å². The fourth-order valence-electron chi connectivity index (χ4n) is 2.39. The average molecular weight is 332 g/mol. The molecule has 0 saturated heterocycles. The summed E-state index contributed by atoms with van der Waals surface area (Å²) in [7, 11) is 0. The summed E-state index contributed by atoms with van der Waals surface area (Å²) in [5.74, 6) is 0.702. The van der Waals surface area contributed by atoms with E-state index in [1.54, 1.807) is 25.1 Å². The van der Waals surface area contributed by atoms with Crippen LogP contribution >= 0.6 is 0 Å². The molecule has 1 rings (SSSR count). The lowest BCUT2D eigenvalue weighted by Crippen LogP contribution is -2.42. The smallest absolute Gasteiger partial charge is 0.256 e. The lowest BCUT2D eigenvalue weighted by Gasteiger charge is -2.28. The van der Waals surface area contributed by atoms with Crippen molar-refractivity contribution in [2.75, 3.05) is 18.5 Å². The molecule has 1 aromatic carbocycles. The highest BCUT2D eigenvalue weighted by molar-refractivity contribution is 5.97. The molecule has 132 valence electrons. The number of nitrogens with one attached hydrogen (secondary N) is 1. The Balaban J connectivity index is 2.91. The van der Waals surface area contributed by atoms with Crippen LogP contribution in [0.1, 0.15) is 53.0 Å². The lowest BCUT2D eigenvalue weighted by atomic mass is 9.99. The van der Waals surface area contributed by atoms with Gasteiger partial charge in [-0.1, -0.05) is 27.2 Å². The molecule has 5 nitrogen and oxygen atoms in total. The molecule has 0 aliphatic carbocycles. The fourth-order valence-corrected chi connectivity index (χ4v) is 2.39. The number of hydrogen-bond acceptors (Lipinski definition) is 4. The van der Waals surface area contributed by atoms with Gasteiger partial charge in [-0.15, -0.1) is 0 Å². The number of rotatable bonds is 9. The van der Waals surface area contributed by atoms with Crippen LogP contribution in [0.15, 0.2) is 18.2 Å². The Kier molecular flexibility index (Phi) is 7.73. The summed E-state index contributed by atoms with van der Waals surface area (Å²) in [6, 6.07) is 7.20. The zero-order chi connectivity index (χ0) is 18.2. The zero-order valence-electron chi connectivity index (χ0n) is 15.3. The van der Waals surface area contributed by atoms with E-state index in [0.29, 0.717) is 42.6 Å². The molecule has 24 heavy (non-hydrogen) atoms. The maximum atomic E-state index is 12.6. The molecule has 0 aromatic heterocycles. The average Bonchev–Trinajstić information content (AvgIpc) is 2.53. The number of nitrogens with zero attached hydrogens (tertiary/aromatic N) is 1. The van der Waals surface area contributed by atoms with E-state index in [1.807, 2.05) is 27.7 Å². The summed E-state index contributed by atoms with van der Waals surface area (Å²) >= 11 is 0. The Bertz CT molecular complexity index is 585. The van der Waals surface area contributed by atoms with Crippen LogP contribution in [0.3, 0.4) is 0 Å². The van der Waals surface area contributed by atoms with Gasteiger partial charge in [-0.3, -0.25) is 4.79 Å². The lowest BCUT2D eigenvalue weighted by molar-refractivity contribution is -0.139. The van der Waals surface area contributed by atoms with Crippen LogP contribution in [0.4, 0.5) is 5.69 Å². The Labute approximate surface area is 145 Å². The molecule has 0 fully saturated rings. The van der Waals surface area contributed by atoms with Crippen LogP contribution < -0.4 is 10.1 Å². The molecule has 1 aromatic rings. The molecule has 0 aliphatic rings. The predicted molar refractivity (Wildman–Crippen MR) is 95.1 cm³/mol. The topological polar surface area (TPSA) is 71.3 Å². The van der Waals surface area contributed by atoms with E-state index < -0.39 is 5.60 Å². The number of nitriles is 1. The van der Waals surface area contributed by atoms with Crippen molar-refractivity contribution >= 4 is 11.6 Å². The second kappa shape index (κ2) is 9.29. The van der Waals surface area contributed by atoms with E-state index in [9.17, 15) is 10.1 Å². The fraction of sp³-hybridized carbons (Fsp3) is 0.579. The molecule has 0 bridgehead atoms. The van der Waals surface area contributed by atoms with E-state index >= 15 is 0 Å². The van der Waals surface area contributed by atoms with Crippen LogP contribution in [0, 0.1) is 17.2 Å². The first kappa shape index (κ1) is 20.0. The van der Waals surface area contributed by atoms with Gasteiger partial charge < -0.3 is 14.8 Å². The first-order valence-corrected chi connectivity index (χ1v) is 8.48. The van der Waals surface area contributed by atoms with E-state index in [1.165, 1.54) is 0 Å². The molecule has 0 heterocycles. The predicted octanol–water partition coefficient (Wildman–Crippen LogP) is 4.13. The van der Waals surface area contributed by atoms with Gasteiger partial charge in [0.15, 0.2) is 0 Å². The van der Waals surface area contributed by atoms with Crippen molar-refractivity contribution in [2.45, 2.75) is 53.1 Å². The summed E-state index contributed by atoms with van der Waals surface area (Å²) in [4.78, 5) is 12.6. The first-order chi connectivity index (χ1) is 11.4. The van der Waals surface area contributed by atoms with Crippen LogP contribution in [-0.4, -0.2) is 24.7 Å². The summed E-state index contributed by atoms with van der Waals surface area (Å²) in [5.41, 5.74) is 0.0980. The Hall–Kier alpha value is -2.06. The molecular weight excluding hydrogens is 304 g/mol. The SMILES string of the molecule is CCC[C@](C)(OCC)C(=O)Nc1ccc(OCC(C)C)c(C#N)c1. The molecule has 0 aliphatic heterocycles. The number of anilines is 1. The van der Waals surface area contributed by atoms with Crippen molar-refractivity contribution in [3.63, 3.8) is 0 Å². The molecule has 0 saturated carbocycles. The molecule has 0 unspecified atom stereocenters. The van der Waals surface area contributed by atoms with Gasteiger partial charge >= 0.3 is 0 Å². The van der Waals surface area contributed by atoms with Gasteiger partial charge in [0.05, 0.1) is 12.2 Å². The molecule has 1 amide bonds. The van der Waals surface area contributed by atoms with Gasteiger partial charge in [0, 0.05) is 12.3 Å². The maximum absolute atomic E-state index is 12.6. The van der Waals surface area contributed by atoms with Gasteiger partial charge in [0.1, 0.15) is 17.4 Å². The van der Waals surface area contributed by atoms with Crippen molar-refractivity contribution in [3.05, 3.63) is 23.8 Å². The van der Waals surface area contributed by atoms with Crippen LogP contribution in [0.5, 0.6) is 5.75 Å². The Morgan fingerprint density at radius 1 is 1.38 bits per heavy atom. The summed E-state index contributed by atoms with van der Waals surface area (Å²) in [6.45, 7) is 10.8. The molecule has 1 atom stereocenters. The highest BCUT2D eigenvalue weighted by Gasteiger charge is 2.33. The van der Waals surface area contributed by atoms with E-state index in [4.69, 9.17) is 9.47 Å². The van der Waals surface area contributed by atoms with Gasteiger partial charge in [-0.25, -0.2) is 0 Å². The van der Waals surface area contributed by atoms with Gasteiger partial charge in [-0.05, 0) is 44.4 Å².